The molecule has 0 unspecified atom stereocenters. The van der Waals surface area contributed by atoms with Gasteiger partial charge in [0.1, 0.15) is 0 Å². The molecule has 1 saturated heterocycles. The second-order valence-electron chi connectivity index (χ2n) is 6.56. The number of nitrogens with zero attached hydrogens (tertiary/aromatic N) is 1. The molecule has 0 aromatic heterocycles. The summed E-state index contributed by atoms with van der Waals surface area (Å²) in [5.74, 6) is -0.555. The number of anilines is 2. The molecule has 2 aliphatic rings. The van der Waals surface area contributed by atoms with Crippen molar-refractivity contribution in [2.45, 2.75) is 32.6 Å². The lowest BCUT2D eigenvalue weighted by Gasteiger charge is -2.35. The van der Waals surface area contributed by atoms with E-state index in [0.717, 1.165) is 25.9 Å². The number of benzene rings is 1. The van der Waals surface area contributed by atoms with Crippen LogP contribution < -0.4 is 15.4 Å². The largest absolute Gasteiger partial charge is 0.369 e. The van der Waals surface area contributed by atoms with Gasteiger partial charge < -0.3 is 10.6 Å². The molecule has 2 fully saturated rings. The molecule has 1 aliphatic heterocycles. The molecule has 6 nitrogen and oxygen atoms in total. The minimum atomic E-state index is -3.42. The van der Waals surface area contributed by atoms with Gasteiger partial charge in [-0.25, -0.2) is 8.42 Å². The quantitative estimate of drug-likeness (QED) is 0.858. The van der Waals surface area contributed by atoms with Gasteiger partial charge in [0.15, 0.2) is 0 Å². The summed E-state index contributed by atoms with van der Waals surface area (Å²) in [5.41, 5.74) is 7.44. The maximum absolute atomic E-state index is 12.0. The van der Waals surface area contributed by atoms with Crippen molar-refractivity contribution < 1.29 is 13.2 Å². The van der Waals surface area contributed by atoms with Crippen LogP contribution in [0.25, 0.3) is 0 Å². The van der Waals surface area contributed by atoms with Crippen LogP contribution in [0.3, 0.4) is 0 Å². The van der Waals surface area contributed by atoms with E-state index < -0.39 is 15.9 Å². The zero-order valence-electron chi connectivity index (χ0n) is 13.3. The molecule has 7 heteroatoms. The van der Waals surface area contributed by atoms with Crippen molar-refractivity contribution in [3.05, 3.63) is 23.8 Å². The number of piperidine rings is 1. The molecule has 3 rings (SSSR count). The SMILES string of the molecule is CCS(=O)(=O)Nc1cccc(C(N)=O)c1N1CCC2(CC1)CC2. The molecular weight excluding hydrogens is 314 g/mol. The summed E-state index contributed by atoms with van der Waals surface area (Å²) in [6.07, 6.45) is 4.74. The number of carbonyl (C=O) groups excluding carboxylic acids is 1. The second-order valence-corrected chi connectivity index (χ2v) is 8.57. The number of para-hydroxylation sites is 1. The average Bonchev–Trinajstić information content (AvgIpc) is 3.27. The smallest absolute Gasteiger partial charge is 0.250 e. The lowest BCUT2D eigenvalue weighted by molar-refractivity contribution is 0.100. The third kappa shape index (κ3) is 3.29. The molecule has 0 radical (unpaired) electrons. The molecule has 3 N–H and O–H groups in total. The highest BCUT2D eigenvalue weighted by molar-refractivity contribution is 7.92. The van der Waals surface area contributed by atoms with E-state index in [4.69, 9.17) is 5.73 Å². The van der Waals surface area contributed by atoms with E-state index in [2.05, 4.69) is 9.62 Å². The zero-order valence-corrected chi connectivity index (χ0v) is 14.2. The van der Waals surface area contributed by atoms with E-state index >= 15 is 0 Å². The first-order chi connectivity index (χ1) is 10.9. The van der Waals surface area contributed by atoms with Gasteiger partial charge in [0, 0.05) is 13.1 Å². The van der Waals surface area contributed by atoms with Gasteiger partial charge in [0.25, 0.3) is 5.91 Å². The fourth-order valence-corrected chi connectivity index (χ4v) is 3.93. The van der Waals surface area contributed by atoms with E-state index in [0.29, 0.717) is 22.4 Å². The van der Waals surface area contributed by atoms with Gasteiger partial charge in [-0.1, -0.05) is 6.07 Å². The normalized spacial score (nSPS) is 19.6. The molecule has 1 saturated carbocycles. The number of hydrogen-bond acceptors (Lipinski definition) is 4. The number of rotatable bonds is 5. The number of primary amides is 1. The zero-order chi connectivity index (χ0) is 16.7. The van der Waals surface area contributed by atoms with Crippen molar-refractivity contribution in [3.63, 3.8) is 0 Å². The summed E-state index contributed by atoms with van der Waals surface area (Å²) in [6, 6.07) is 5.00. The Morgan fingerprint density at radius 2 is 1.91 bits per heavy atom. The van der Waals surface area contributed by atoms with E-state index in [9.17, 15) is 13.2 Å². The number of nitrogens with two attached hydrogens (primary N) is 1. The van der Waals surface area contributed by atoms with Crippen LogP contribution in [0.4, 0.5) is 11.4 Å². The van der Waals surface area contributed by atoms with Gasteiger partial charge >= 0.3 is 0 Å². The monoisotopic (exact) mass is 337 g/mol. The van der Waals surface area contributed by atoms with Crippen LogP contribution in [-0.2, 0) is 10.0 Å². The van der Waals surface area contributed by atoms with E-state index in [-0.39, 0.29) is 5.75 Å². The van der Waals surface area contributed by atoms with Crippen LogP contribution in [-0.4, -0.2) is 33.2 Å². The molecule has 1 aliphatic carbocycles. The summed E-state index contributed by atoms with van der Waals surface area (Å²) in [6.45, 7) is 3.23. The molecule has 1 aromatic carbocycles. The predicted molar refractivity (Wildman–Crippen MR) is 91.2 cm³/mol. The second kappa shape index (κ2) is 5.70. The molecule has 126 valence electrons. The summed E-state index contributed by atoms with van der Waals surface area (Å²) in [7, 11) is -3.42. The molecule has 23 heavy (non-hydrogen) atoms. The topological polar surface area (TPSA) is 92.5 Å². The highest BCUT2D eigenvalue weighted by atomic mass is 32.2. The van der Waals surface area contributed by atoms with Crippen molar-refractivity contribution in [1.82, 2.24) is 0 Å². The van der Waals surface area contributed by atoms with E-state index in [1.807, 2.05) is 0 Å². The van der Waals surface area contributed by atoms with Crippen molar-refractivity contribution in [1.29, 1.82) is 0 Å². The first-order valence-corrected chi connectivity index (χ1v) is 9.69. The maximum atomic E-state index is 12.0. The van der Waals surface area contributed by atoms with Crippen LogP contribution >= 0.6 is 0 Å². The van der Waals surface area contributed by atoms with Gasteiger partial charge in [-0.15, -0.1) is 0 Å². The van der Waals surface area contributed by atoms with Crippen LogP contribution in [0, 0.1) is 5.41 Å². The number of sulfonamides is 1. The maximum Gasteiger partial charge on any atom is 0.250 e. The minimum absolute atomic E-state index is 0.0175. The number of nitrogens with one attached hydrogen (secondary N) is 1. The fourth-order valence-electron chi connectivity index (χ4n) is 3.29. The first kappa shape index (κ1) is 16.1. The Kier molecular flexibility index (Phi) is 4.00. The van der Waals surface area contributed by atoms with Crippen LogP contribution in [0.5, 0.6) is 0 Å². The van der Waals surface area contributed by atoms with Gasteiger partial charge in [-0.05, 0) is 50.2 Å². The molecule has 0 atom stereocenters. The summed E-state index contributed by atoms with van der Waals surface area (Å²) < 4.78 is 26.5. The molecule has 0 bridgehead atoms. The predicted octanol–water partition coefficient (Wildman–Crippen LogP) is 1.93. The highest BCUT2D eigenvalue weighted by Gasteiger charge is 2.44. The average molecular weight is 337 g/mol. The lowest BCUT2D eigenvalue weighted by Crippen LogP contribution is -2.36. The fraction of sp³-hybridized carbons (Fsp3) is 0.562. The minimum Gasteiger partial charge on any atom is -0.369 e. The Labute approximate surface area is 137 Å². The Morgan fingerprint density at radius 3 is 2.43 bits per heavy atom. The summed E-state index contributed by atoms with van der Waals surface area (Å²) in [4.78, 5) is 13.9. The van der Waals surface area contributed by atoms with Crippen molar-refractivity contribution in [2.24, 2.45) is 11.1 Å². The van der Waals surface area contributed by atoms with Crippen LogP contribution in [0.15, 0.2) is 18.2 Å². The summed E-state index contributed by atoms with van der Waals surface area (Å²) >= 11 is 0. The molecule has 1 spiro atoms. The van der Waals surface area contributed by atoms with Crippen molar-refractivity contribution in [2.75, 3.05) is 28.5 Å². The Balaban J connectivity index is 1.96. The Hall–Kier alpha value is -1.76. The van der Waals surface area contributed by atoms with Crippen molar-refractivity contribution in [3.8, 4) is 0 Å². The standard InChI is InChI=1S/C16H23N3O3S/c1-2-23(21,22)18-13-5-3-4-12(15(17)20)14(13)19-10-8-16(6-7-16)9-11-19/h3-5,18H,2,6-11H2,1H3,(H2,17,20). The summed E-state index contributed by atoms with van der Waals surface area (Å²) in [5, 5.41) is 0. The lowest BCUT2D eigenvalue weighted by atomic mass is 9.93. The third-order valence-corrected chi connectivity index (χ3v) is 6.34. The van der Waals surface area contributed by atoms with Gasteiger partial charge in [-0.2, -0.15) is 0 Å². The van der Waals surface area contributed by atoms with Crippen molar-refractivity contribution >= 4 is 27.3 Å². The molecule has 1 amide bonds. The Bertz CT molecular complexity index is 716. The van der Waals surface area contributed by atoms with Gasteiger partial charge in [-0.3, -0.25) is 9.52 Å². The van der Waals surface area contributed by atoms with Crippen LogP contribution in [0.1, 0.15) is 43.0 Å². The molecule has 1 heterocycles. The first-order valence-electron chi connectivity index (χ1n) is 8.04. The Morgan fingerprint density at radius 1 is 1.26 bits per heavy atom. The third-order valence-electron chi connectivity index (χ3n) is 5.04. The molecular formula is C16H23N3O3S. The van der Waals surface area contributed by atoms with Gasteiger partial charge in [0.2, 0.25) is 10.0 Å². The van der Waals surface area contributed by atoms with E-state index in [1.54, 1.807) is 25.1 Å². The van der Waals surface area contributed by atoms with Gasteiger partial charge in [0.05, 0.1) is 22.7 Å². The number of carbonyl (C=O) groups is 1. The molecule has 1 aromatic rings. The number of amides is 1. The number of hydrogen-bond donors (Lipinski definition) is 2. The van der Waals surface area contributed by atoms with E-state index in [1.165, 1.54) is 12.8 Å². The highest BCUT2D eigenvalue weighted by Crippen LogP contribution is 2.54. The van der Waals surface area contributed by atoms with Crippen LogP contribution in [0.2, 0.25) is 0 Å².